The minimum atomic E-state index is -3.30. The largest absolute Gasteiger partial charge is 0.493 e. The summed E-state index contributed by atoms with van der Waals surface area (Å²) in [5, 5.41) is 8.49. The van der Waals surface area contributed by atoms with Crippen LogP contribution >= 0.6 is 0 Å². The van der Waals surface area contributed by atoms with Gasteiger partial charge in [-0.1, -0.05) is 12.1 Å². The van der Waals surface area contributed by atoms with Gasteiger partial charge in [0.25, 0.3) is 0 Å². The number of rotatable bonds is 6. The van der Waals surface area contributed by atoms with Gasteiger partial charge < -0.3 is 9.84 Å². The van der Waals surface area contributed by atoms with E-state index in [9.17, 15) is 13.2 Å². The predicted molar refractivity (Wildman–Crippen MR) is 70.3 cm³/mol. The Hall–Kier alpha value is -1.56. The molecule has 0 saturated heterocycles. The second kappa shape index (κ2) is 5.61. The molecule has 1 aromatic rings. The van der Waals surface area contributed by atoms with Crippen molar-refractivity contribution in [3.8, 4) is 5.75 Å². The number of carbonyl (C=O) groups is 1. The van der Waals surface area contributed by atoms with E-state index in [1.807, 2.05) is 18.2 Å². The highest BCUT2D eigenvalue weighted by molar-refractivity contribution is 7.91. The zero-order valence-corrected chi connectivity index (χ0v) is 11.3. The van der Waals surface area contributed by atoms with Crippen molar-refractivity contribution in [2.45, 2.75) is 19.3 Å². The van der Waals surface area contributed by atoms with Gasteiger partial charge in [-0.3, -0.25) is 4.79 Å². The van der Waals surface area contributed by atoms with Crippen LogP contribution < -0.4 is 4.74 Å². The highest BCUT2D eigenvalue weighted by Crippen LogP contribution is 2.26. The molecule has 0 bridgehead atoms. The number of sulfone groups is 1. The third kappa shape index (κ3) is 3.96. The molecule has 104 valence electrons. The first-order valence-corrected chi connectivity index (χ1v) is 7.95. The van der Waals surface area contributed by atoms with Gasteiger partial charge in [-0.2, -0.15) is 0 Å². The maximum Gasteiger partial charge on any atom is 0.304 e. The number of benzene rings is 1. The molecule has 0 aliphatic carbocycles. The summed E-state index contributed by atoms with van der Waals surface area (Å²) in [5.41, 5.74) is 2.06. The van der Waals surface area contributed by atoms with Crippen LogP contribution in [0.1, 0.15) is 17.5 Å². The van der Waals surface area contributed by atoms with E-state index < -0.39 is 15.8 Å². The van der Waals surface area contributed by atoms with Gasteiger partial charge in [-0.25, -0.2) is 8.42 Å². The van der Waals surface area contributed by atoms with E-state index >= 15 is 0 Å². The second-order valence-electron chi connectivity index (χ2n) is 4.59. The third-order valence-electron chi connectivity index (χ3n) is 3.08. The summed E-state index contributed by atoms with van der Waals surface area (Å²) in [6, 6.07) is 5.69. The predicted octanol–water partition coefficient (Wildman–Crippen LogP) is 1.05. The van der Waals surface area contributed by atoms with E-state index in [0.29, 0.717) is 13.0 Å². The summed E-state index contributed by atoms with van der Waals surface area (Å²) >= 11 is 0. The van der Waals surface area contributed by atoms with Gasteiger partial charge >= 0.3 is 5.97 Å². The maximum atomic E-state index is 11.7. The molecule has 1 aliphatic heterocycles. The lowest BCUT2D eigenvalue weighted by atomic mass is 10.1. The van der Waals surface area contributed by atoms with Crippen LogP contribution in [0, 0.1) is 0 Å². The lowest BCUT2D eigenvalue weighted by Gasteiger charge is -2.05. The molecule has 1 aliphatic rings. The Morgan fingerprint density at radius 1 is 1.32 bits per heavy atom. The molecule has 6 heteroatoms. The summed E-state index contributed by atoms with van der Waals surface area (Å²) in [5.74, 6) is -0.521. The van der Waals surface area contributed by atoms with Crippen molar-refractivity contribution >= 4 is 15.8 Å². The fourth-order valence-corrected chi connectivity index (χ4v) is 3.25. The number of aryl methyl sites for hydroxylation is 1. The molecule has 0 atom stereocenters. The molecule has 0 spiro atoms. The van der Waals surface area contributed by atoms with Crippen molar-refractivity contribution in [1.29, 1.82) is 0 Å². The van der Waals surface area contributed by atoms with Gasteiger partial charge in [0.1, 0.15) is 5.75 Å². The zero-order valence-electron chi connectivity index (χ0n) is 10.5. The summed E-state index contributed by atoms with van der Waals surface area (Å²) in [4.78, 5) is 10.4. The topological polar surface area (TPSA) is 80.7 Å². The number of ether oxygens (including phenoxy) is 1. The standard InChI is InChI=1S/C13H16O5S/c14-13(15)5-8-19(16,17)7-4-10-1-2-12-11(9-10)3-6-18-12/h1-2,9H,3-8H2,(H,14,15). The zero-order chi connectivity index (χ0) is 13.9. The first-order chi connectivity index (χ1) is 8.96. The van der Waals surface area contributed by atoms with Crippen LogP contribution in [0.2, 0.25) is 0 Å². The molecule has 1 N–H and O–H groups in total. The average molecular weight is 284 g/mol. The van der Waals surface area contributed by atoms with Crippen LogP contribution in [0.25, 0.3) is 0 Å². The Balaban J connectivity index is 1.93. The highest BCUT2D eigenvalue weighted by atomic mass is 32.2. The molecule has 19 heavy (non-hydrogen) atoms. The van der Waals surface area contributed by atoms with Gasteiger partial charge in [0.05, 0.1) is 24.5 Å². The minimum absolute atomic E-state index is 0.0140. The number of aliphatic carboxylic acids is 1. The first-order valence-electron chi connectivity index (χ1n) is 6.13. The van der Waals surface area contributed by atoms with E-state index in [1.165, 1.54) is 0 Å². The lowest BCUT2D eigenvalue weighted by Crippen LogP contribution is -2.15. The highest BCUT2D eigenvalue weighted by Gasteiger charge is 2.15. The van der Waals surface area contributed by atoms with Crippen LogP contribution in [-0.2, 0) is 27.5 Å². The van der Waals surface area contributed by atoms with Crippen LogP contribution in [0.3, 0.4) is 0 Å². The molecule has 5 nitrogen and oxygen atoms in total. The van der Waals surface area contributed by atoms with Crippen molar-refractivity contribution < 1.29 is 23.1 Å². The minimum Gasteiger partial charge on any atom is -0.493 e. The average Bonchev–Trinajstić information content (AvgIpc) is 2.81. The normalized spacial score (nSPS) is 13.9. The van der Waals surface area contributed by atoms with E-state index in [2.05, 4.69) is 0 Å². The van der Waals surface area contributed by atoms with Crippen molar-refractivity contribution in [2.24, 2.45) is 0 Å². The van der Waals surface area contributed by atoms with Crippen molar-refractivity contribution in [3.63, 3.8) is 0 Å². The van der Waals surface area contributed by atoms with Crippen LogP contribution in [0.4, 0.5) is 0 Å². The van der Waals surface area contributed by atoms with E-state index in [0.717, 1.165) is 23.3 Å². The van der Waals surface area contributed by atoms with Crippen LogP contribution in [0.5, 0.6) is 5.75 Å². The fourth-order valence-electron chi connectivity index (χ4n) is 2.01. The third-order valence-corrected chi connectivity index (χ3v) is 4.73. The van der Waals surface area contributed by atoms with Crippen molar-refractivity contribution in [2.75, 3.05) is 18.1 Å². The SMILES string of the molecule is O=C(O)CCS(=O)(=O)CCc1ccc2c(c1)CCO2. The summed E-state index contributed by atoms with van der Waals surface area (Å²) in [6.07, 6.45) is 0.935. The molecule has 1 aromatic carbocycles. The molecule has 2 rings (SSSR count). The lowest BCUT2D eigenvalue weighted by molar-refractivity contribution is -0.136. The Morgan fingerprint density at radius 3 is 2.84 bits per heavy atom. The summed E-state index contributed by atoms with van der Waals surface area (Å²) < 4.78 is 28.7. The Kier molecular flexibility index (Phi) is 4.09. The number of fused-ring (bicyclic) bond motifs is 1. The van der Waals surface area contributed by atoms with Crippen LogP contribution in [-0.4, -0.2) is 37.6 Å². The van der Waals surface area contributed by atoms with Crippen molar-refractivity contribution in [1.82, 2.24) is 0 Å². The van der Waals surface area contributed by atoms with Crippen molar-refractivity contribution in [3.05, 3.63) is 29.3 Å². The summed E-state index contributed by atoms with van der Waals surface area (Å²) in [7, 11) is -3.30. The second-order valence-corrected chi connectivity index (χ2v) is 6.89. The smallest absolute Gasteiger partial charge is 0.304 e. The Bertz CT molecular complexity index is 577. The van der Waals surface area contributed by atoms with E-state index in [-0.39, 0.29) is 17.9 Å². The Morgan fingerprint density at radius 2 is 2.11 bits per heavy atom. The summed E-state index contributed by atoms with van der Waals surface area (Å²) in [6.45, 7) is 0.676. The van der Waals surface area contributed by atoms with E-state index in [4.69, 9.17) is 9.84 Å². The van der Waals surface area contributed by atoms with Gasteiger partial charge in [0.15, 0.2) is 9.84 Å². The fraction of sp³-hybridized carbons (Fsp3) is 0.462. The number of carboxylic acids is 1. The number of hydrogen-bond donors (Lipinski definition) is 1. The molecular weight excluding hydrogens is 268 g/mol. The van der Waals surface area contributed by atoms with Crippen LogP contribution in [0.15, 0.2) is 18.2 Å². The molecule has 0 radical (unpaired) electrons. The number of hydrogen-bond acceptors (Lipinski definition) is 4. The molecule has 0 unspecified atom stereocenters. The molecule has 0 fully saturated rings. The molecule has 0 saturated carbocycles. The monoisotopic (exact) mass is 284 g/mol. The Labute approximate surface area is 112 Å². The quantitative estimate of drug-likeness (QED) is 0.844. The van der Waals surface area contributed by atoms with E-state index in [1.54, 1.807) is 0 Å². The first kappa shape index (κ1) is 13.9. The van der Waals surface area contributed by atoms with Gasteiger partial charge in [0, 0.05) is 6.42 Å². The maximum absolute atomic E-state index is 11.7. The molecule has 0 amide bonds. The molecule has 1 heterocycles. The number of carboxylic acid groups (broad SMARTS) is 1. The molecule has 0 aromatic heterocycles. The van der Waals surface area contributed by atoms with Gasteiger partial charge in [0.2, 0.25) is 0 Å². The van der Waals surface area contributed by atoms with Gasteiger partial charge in [-0.05, 0) is 23.6 Å². The molecular formula is C13H16O5S. The van der Waals surface area contributed by atoms with Gasteiger partial charge in [-0.15, -0.1) is 0 Å².